The summed E-state index contributed by atoms with van der Waals surface area (Å²) in [5.41, 5.74) is -1.60. The minimum Gasteiger partial charge on any atom is -0.458 e. The normalized spacial score (nSPS) is 25.3. The van der Waals surface area contributed by atoms with E-state index in [1.807, 2.05) is 0 Å². The van der Waals surface area contributed by atoms with Crippen LogP contribution in [0.5, 0.6) is 0 Å². The largest absolute Gasteiger partial charge is 0.458 e. The standard InChI is InChI=1S/C10H17ClFNO2/c1-10(2,3)15-9(14)8(11)13-6-4-5-7(13)12/h7-8H,4-6H2,1-3H3/t7-,8?/m1/s1. The number of halogens is 2. The van der Waals surface area contributed by atoms with Crippen molar-refractivity contribution in [3.63, 3.8) is 0 Å². The van der Waals surface area contributed by atoms with Gasteiger partial charge in [-0.05, 0) is 33.6 Å². The number of esters is 1. The first-order valence-electron chi connectivity index (χ1n) is 5.08. The lowest BCUT2D eigenvalue weighted by Gasteiger charge is -2.26. The predicted octanol–water partition coefficient (Wildman–Crippen LogP) is 2.28. The Kier molecular flexibility index (Phi) is 3.95. The van der Waals surface area contributed by atoms with Gasteiger partial charge in [-0.25, -0.2) is 14.1 Å². The number of likely N-dealkylation sites (tertiary alicyclic amines) is 1. The van der Waals surface area contributed by atoms with E-state index in [0.717, 1.165) is 6.42 Å². The van der Waals surface area contributed by atoms with Crippen molar-refractivity contribution >= 4 is 17.6 Å². The Morgan fingerprint density at radius 3 is 2.60 bits per heavy atom. The second-order valence-electron chi connectivity index (χ2n) is 4.68. The van der Waals surface area contributed by atoms with Gasteiger partial charge in [0.25, 0.3) is 0 Å². The number of hydrogen-bond acceptors (Lipinski definition) is 3. The number of hydrogen-bond donors (Lipinski definition) is 0. The van der Waals surface area contributed by atoms with Crippen LogP contribution in [-0.2, 0) is 9.53 Å². The van der Waals surface area contributed by atoms with Crippen LogP contribution in [0.2, 0.25) is 0 Å². The van der Waals surface area contributed by atoms with Crippen LogP contribution in [0.25, 0.3) is 0 Å². The minimum atomic E-state index is -1.12. The first kappa shape index (κ1) is 12.7. The summed E-state index contributed by atoms with van der Waals surface area (Å²) in [7, 11) is 0. The molecule has 1 aliphatic rings. The van der Waals surface area contributed by atoms with Crippen molar-refractivity contribution in [2.75, 3.05) is 6.54 Å². The minimum absolute atomic E-state index is 0.437. The maximum Gasteiger partial charge on any atom is 0.339 e. The van der Waals surface area contributed by atoms with E-state index in [4.69, 9.17) is 16.3 Å². The SMILES string of the molecule is CC(C)(C)OC(=O)C(Cl)N1CCC[C@@H]1F. The number of ether oxygens (including phenoxy) is 1. The van der Waals surface area contributed by atoms with Gasteiger partial charge in [-0.15, -0.1) is 0 Å². The Balaban J connectivity index is 2.52. The first-order chi connectivity index (χ1) is 6.81. The van der Waals surface area contributed by atoms with Gasteiger partial charge in [0.15, 0.2) is 11.8 Å². The fourth-order valence-corrected chi connectivity index (χ4v) is 1.75. The Morgan fingerprint density at radius 2 is 2.20 bits per heavy atom. The molecule has 1 heterocycles. The van der Waals surface area contributed by atoms with Crippen molar-refractivity contribution in [1.82, 2.24) is 4.90 Å². The Labute approximate surface area is 94.5 Å². The molecule has 0 N–H and O–H groups in total. The summed E-state index contributed by atoms with van der Waals surface area (Å²) >= 11 is 5.85. The van der Waals surface area contributed by atoms with Gasteiger partial charge in [-0.3, -0.25) is 0 Å². The molecule has 1 rings (SSSR count). The molecule has 0 saturated carbocycles. The molecular weight excluding hydrogens is 221 g/mol. The zero-order valence-corrected chi connectivity index (χ0v) is 10.1. The summed E-state index contributed by atoms with van der Waals surface area (Å²) < 4.78 is 18.3. The Hall–Kier alpha value is -0.350. The molecule has 0 radical (unpaired) electrons. The van der Waals surface area contributed by atoms with Crippen molar-refractivity contribution in [1.29, 1.82) is 0 Å². The van der Waals surface area contributed by atoms with Crippen LogP contribution in [-0.4, -0.2) is 34.8 Å². The van der Waals surface area contributed by atoms with Gasteiger partial charge < -0.3 is 4.74 Å². The quantitative estimate of drug-likeness (QED) is 0.419. The second kappa shape index (κ2) is 4.66. The van der Waals surface area contributed by atoms with E-state index in [0.29, 0.717) is 13.0 Å². The van der Waals surface area contributed by atoms with Gasteiger partial charge in [0.05, 0.1) is 0 Å². The van der Waals surface area contributed by atoms with Gasteiger partial charge in [-0.2, -0.15) is 0 Å². The van der Waals surface area contributed by atoms with Crippen molar-refractivity contribution < 1.29 is 13.9 Å². The molecule has 2 atom stereocenters. The summed E-state index contributed by atoms with van der Waals surface area (Å²) in [4.78, 5) is 12.9. The number of carbonyl (C=O) groups is 1. The Morgan fingerprint density at radius 1 is 1.60 bits per heavy atom. The Bertz CT molecular complexity index is 242. The number of alkyl halides is 2. The highest BCUT2D eigenvalue weighted by molar-refractivity contribution is 6.29. The van der Waals surface area contributed by atoms with Gasteiger partial charge in [0, 0.05) is 6.54 Å². The summed E-state index contributed by atoms with van der Waals surface area (Å²) in [5, 5.41) is 0. The van der Waals surface area contributed by atoms with Crippen molar-refractivity contribution in [3.8, 4) is 0 Å². The summed E-state index contributed by atoms with van der Waals surface area (Å²) in [5.74, 6) is -0.575. The lowest BCUT2D eigenvalue weighted by atomic mass is 10.2. The molecule has 1 fully saturated rings. The fraction of sp³-hybridized carbons (Fsp3) is 0.900. The third-order valence-electron chi connectivity index (χ3n) is 2.11. The van der Waals surface area contributed by atoms with Crippen LogP contribution in [0, 0.1) is 0 Å². The molecule has 1 unspecified atom stereocenters. The van der Waals surface area contributed by atoms with Crippen LogP contribution in [0.15, 0.2) is 0 Å². The highest BCUT2D eigenvalue weighted by Gasteiger charge is 2.35. The predicted molar refractivity (Wildman–Crippen MR) is 56.3 cm³/mol. The third-order valence-corrected chi connectivity index (χ3v) is 2.54. The smallest absolute Gasteiger partial charge is 0.339 e. The van der Waals surface area contributed by atoms with Gasteiger partial charge in [0.2, 0.25) is 0 Å². The highest BCUT2D eigenvalue weighted by atomic mass is 35.5. The molecule has 1 saturated heterocycles. The van der Waals surface area contributed by atoms with Gasteiger partial charge in [0.1, 0.15) is 5.60 Å². The number of nitrogens with zero attached hydrogens (tertiary/aromatic N) is 1. The maximum atomic E-state index is 13.3. The van der Waals surface area contributed by atoms with Crippen LogP contribution in [0.1, 0.15) is 33.6 Å². The molecule has 0 amide bonds. The molecule has 0 aliphatic carbocycles. The van der Waals surface area contributed by atoms with Crippen LogP contribution >= 0.6 is 11.6 Å². The molecule has 3 nitrogen and oxygen atoms in total. The van der Waals surface area contributed by atoms with Crippen LogP contribution < -0.4 is 0 Å². The number of rotatable bonds is 2. The molecule has 15 heavy (non-hydrogen) atoms. The average molecular weight is 238 g/mol. The van der Waals surface area contributed by atoms with E-state index in [9.17, 15) is 9.18 Å². The molecule has 0 bridgehead atoms. The maximum absolute atomic E-state index is 13.3. The second-order valence-corrected chi connectivity index (χ2v) is 5.10. The van der Waals surface area contributed by atoms with E-state index < -0.39 is 23.4 Å². The lowest BCUT2D eigenvalue weighted by molar-refractivity contribution is -0.159. The van der Waals surface area contributed by atoms with Crippen molar-refractivity contribution in [2.45, 2.75) is 51.0 Å². The molecule has 1 aliphatic heterocycles. The molecule has 5 heteroatoms. The molecule has 0 aromatic carbocycles. The fourth-order valence-electron chi connectivity index (χ4n) is 1.49. The topological polar surface area (TPSA) is 29.5 Å². The zero-order valence-electron chi connectivity index (χ0n) is 9.30. The van der Waals surface area contributed by atoms with Gasteiger partial charge >= 0.3 is 5.97 Å². The highest BCUT2D eigenvalue weighted by Crippen LogP contribution is 2.24. The first-order valence-corrected chi connectivity index (χ1v) is 5.51. The molecule has 88 valence electrons. The van der Waals surface area contributed by atoms with E-state index in [1.54, 1.807) is 20.8 Å². The summed E-state index contributed by atoms with van der Waals surface area (Å²) in [6, 6.07) is 0. The van der Waals surface area contributed by atoms with E-state index >= 15 is 0 Å². The van der Waals surface area contributed by atoms with E-state index in [1.165, 1.54) is 4.90 Å². The van der Waals surface area contributed by atoms with Crippen molar-refractivity contribution in [3.05, 3.63) is 0 Å². The number of carbonyl (C=O) groups excluding carboxylic acids is 1. The molecule has 0 aromatic heterocycles. The van der Waals surface area contributed by atoms with E-state index in [2.05, 4.69) is 0 Å². The van der Waals surface area contributed by atoms with Crippen LogP contribution in [0.3, 0.4) is 0 Å². The van der Waals surface area contributed by atoms with Crippen LogP contribution in [0.4, 0.5) is 4.39 Å². The lowest BCUT2D eigenvalue weighted by Crippen LogP contribution is -2.42. The van der Waals surface area contributed by atoms with Gasteiger partial charge in [-0.1, -0.05) is 11.6 Å². The average Bonchev–Trinajstić information content (AvgIpc) is 2.47. The molecular formula is C10H17ClFNO2. The third kappa shape index (κ3) is 3.61. The summed E-state index contributed by atoms with van der Waals surface area (Å²) in [6.07, 6.45) is 0.0409. The summed E-state index contributed by atoms with van der Waals surface area (Å²) in [6.45, 7) is 5.77. The molecule has 0 spiro atoms. The zero-order chi connectivity index (χ0) is 11.6. The van der Waals surface area contributed by atoms with E-state index in [-0.39, 0.29) is 0 Å². The molecule has 0 aromatic rings. The monoisotopic (exact) mass is 237 g/mol. The van der Waals surface area contributed by atoms with Crippen molar-refractivity contribution in [2.24, 2.45) is 0 Å².